The van der Waals surface area contributed by atoms with Gasteiger partial charge in [0, 0.05) is 19.2 Å². The van der Waals surface area contributed by atoms with E-state index in [1.807, 2.05) is 6.07 Å². The molecule has 0 saturated heterocycles. The second kappa shape index (κ2) is 5.71. The maximum Gasteiger partial charge on any atom is 0.268 e. The zero-order chi connectivity index (χ0) is 18.5. The summed E-state index contributed by atoms with van der Waals surface area (Å²) in [6.07, 6.45) is 1.58. The van der Waals surface area contributed by atoms with Crippen molar-refractivity contribution < 1.29 is 14.3 Å². The minimum atomic E-state index is -1.39. The monoisotopic (exact) mass is 340 g/mol. The van der Waals surface area contributed by atoms with Crippen molar-refractivity contribution in [2.24, 2.45) is 13.0 Å². The molecule has 6 heteroatoms. The summed E-state index contributed by atoms with van der Waals surface area (Å²) in [5.74, 6) is -0.907. The molecule has 0 amide bonds. The van der Waals surface area contributed by atoms with E-state index < -0.39 is 23.0 Å². The van der Waals surface area contributed by atoms with Crippen LogP contribution in [0, 0.1) is 24.2 Å². The van der Waals surface area contributed by atoms with Gasteiger partial charge in [-0.2, -0.15) is 5.26 Å². The molecule has 1 N–H and O–H groups in total. The van der Waals surface area contributed by atoms with E-state index >= 15 is 0 Å². The number of Topliss-reactive ketones (excluding diaryl/α,β-unsaturated/α-hetero) is 1. The standard InChI is InChI=1S/C19H20N2O4/c1-10-15-12(13(9-20)18(23)21(10)4)8-19(3,24)17(11(2)22)16(15)14-6-5-7-25-14/h5-7,16-17,24H,8H2,1-4H3. The van der Waals surface area contributed by atoms with Gasteiger partial charge in [-0.3, -0.25) is 9.59 Å². The van der Waals surface area contributed by atoms with Gasteiger partial charge in [-0.05, 0) is 44.0 Å². The largest absolute Gasteiger partial charge is 0.469 e. The number of nitrogens with zero attached hydrogens (tertiary/aromatic N) is 2. The zero-order valence-electron chi connectivity index (χ0n) is 14.7. The quantitative estimate of drug-likeness (QED) is 0.899. The summed E-state index contributed by atoms with van der Waals surface area (Å²) in [5, 5.41) is 20.5. The predicted octanol–water partition coefficient (Wildman–Crippen LogP) is 1.80. The van der Waals surface area contributed by atoms with Crippen molar-refractivity contribution in [2.75, 3.05) is 0 Å². The molecule has 3 unspecified atom stereocenters. The Morgan fingerprint density at radius 3 is 2.72 bits per heavy atom. The lowest BCUT2D eigenvalue weighted by Crippen LogP contribution is -2.49. The van der Waals surface area contributed by atoms with Crippen molar-refractivity contribution in [2.45, 2.75) is 38.7 Å². The summed E-state index contributed by atoms with van der Waals surface area (Å²) in [4.78, 5) is 24.9. The number of hydrogen-bond donors (Lipinski definition) is 1. The Balaban J connectivity index is 2.45. The predicted molar refractivity (Wildman–Crippen MR) is 90.2 cm³/mol. The summed E-state index contributed by atoms with van der Waals surface area (Å²) in [6, 6.07) is 5.45. The van der Waals surface area contributed by atoms with E-state index in [0.29, 0.717) is 17.0 Å². The molecule has 0 aliphatic heterocycles. The average Bonchev–Trinajstić information content (AvgIpc) is 3.05. The number of furan rings is 1. The highest BCUT2D eigenvalue weighted by Gasteiger charge is 2.50. The molecule has 2 heterocycles. The molecular formula is C19H20N2O4. The van der Waals surface area contributed by atoms with Gasteiger partial charge in [0.1, 0.15) is 23.2 Å². The lowest BCUT2D eigenvalue weighted by atomic mass is 9.63. The van der Waals surface area contributed by atoms with E-state index in [1.165, 1.54) is 17.8 Å². The molecule has 3 rings (SSSR count). The van der Waals surface area contributed by atoms with Gasteiger partial charge in [0.25, 0.3) is 5.56 Å². The number of hydrogen-bond acceptors (Lipinski definition) is 5. The van der Waals surface area contributed by atoms with Crippen molar-refractivity contribution in [3.05, 3.63) is 56.9 Å². The Morgan fingerprint density at radius 2 is 2.20 bits per heavy atom. The topological polar surface area (TPSA) is 96.2 Å². The van der Waals surface area contributed by atoms with Crippen LogP contribution in [0.5, 0.6) is 0 Å². The first-order valence-electron chi connectivity index (χ1n) is 8.09. The first-order chi connectivity index (χ1) is 11.7. The Morgan fingerprint density at radius 1 is 1.52 bits per heavy atom. The van der Waals surface area contributed by atoms with Gasteiger partial charge >= 0.3 is 0 Å². The number of ketones is 1. The van der Waals surface area contributed by atoms with Gasteiger partial charge in [-0.1, -0.05) is 0 Å². The molecular weight excluding hydrogens is 320 g/mol. The summed E-state index contributed by atoms with van der Waals surface area (Å²) in [7, 11) is 1.60. The number of nitriles is 1. The number of pyridine rings is 1. The average molecular weight is 340 g/mol. The van der Waals surface area contributed by atoms with Gasteiger partial charge in [-0.15, -0.1) is 0 Å². The van der Waals surface area contributed by atoms with Crippen molar-refractivity contribution in [3.8, 4) is 6.07 Å². The van der Waals surface area contributed by atoms with E-state index in [9.17, 15) is 20.0 Å². The highest BCUT2D eigenvalue weighted by Crippen LogP contribution is 2.47. The first kappa shape index (κ1) is 17.2. The van der Waals surface area contributed by atoms with Gasteiger partial charge in [-0.25, -0.2) is 0 Å². The number of aliphatic hydroxyl groups is 1. The van der Waals surface area contributed by atoms with Crippen LogP contribution in [0.3, 0.4) is 0 Å². The number of carbonyl (C=O) groups is 1. The second-order valence-corrected chi connectivity index (χ2v) is 6.94. The summed E-state index contributed by atoms with van der Waals surface area (Å²) >= 11 is 0. The minimum Gasteiger partial charge on any atom is -0.469 e. The van der Waals surface area contributed by atoms with Crippen LogP contribution in [0.4, 0.5) is 0 Å². The van der Waals surface area contributed by atoms with E-state index in [1.54, 1.807) is 33.0 Å². The third kappa shape index (κ3) is 2.43. The van der Waals surface area contributed by atoms with E-state index in [0.717, 1.165) is 5.56 Å². The Bertz CT molecular complexity index is 945. The molecule has 6 nitrogen and oxygen atoms in total. The number of rotatable bonds is 2. The van der Waals surface area contributed by atoms with Crippen molar-refractivity contribution in [3.63, 3.8) is 0 Å². The van der Waals surface area contributed by atoms with E-state index in [4.69, 9.17) is 4.42 Å². The second-order valence-electron chi connectivity index (χ2n) is 6.94. The molecule has 0 saturated carbocycles. The molecule has 3 atom stereocenters. The molecule has 0 bridgehead atoms. The Kier molecular flexibility index (Phi) is 3.92. The molecule has 0 aromatic carbocycles. The lowest BCUT2D eigenvalue weighted by molar-refractivity contribution is -0.131. The van der Waals surface area contributed by atoms with Gasteiger partial charge in [0.05, 0.1) is 23.7 Å². The van der Waals surface area contributed by atoms with Crippen LogP contribution in [0.2, 0.25) is 0 Å². The van der Waals surface area contributed by atoms with Crippen LogP contribution in [0.1, 0.15) is 47.9 Å². The maximum absolute atomic E-state index is 12.5. The number of carbonyl (C=O) groups excluding carboxylic acids is 1. The Hall–Kier alpha value is -2.65. The minimum absolute atomic E-state index is 0.0157. The fourth-order valence-electron chi connectivity index (χ4n) is 4.14. The van der Waals surface area contributed by atoms with Crippen LogP contribution in [-0.4, -0.2) is 21.1 Å². The summed E-state index contributed by atoms with van der Waals surface area (Å²) < 4.78 is 6.99. The smallest absolute Gasteiger partial charge is 0.268 e. The third-order valence-corrected chi connectivity index (χ3v) is 5.29. The van der Waals surface area contributed by atoms with Gasteiger partial charge in [0.15, 0.2) is 0 Å². The van der Waals surface area contributed by atoms with Crippen LogP contribution >= 0.6 is 0 Å². The first-order valence-corrected chi connectivity index (χ1v) is 8.09. The van der Waals surface area contributed by atoms with Crippen LogP contribution in [0.15, 0.2) is 27.6 Å². The van der Waals surface area contributed by atoms with Gasteiger partial charge in [0.2, 0.25) is 0 Å². The van der Waals surface area contributed by atoms with E-state index in [2.05, 4.69) is 0 Å². The molecule has 1 aliphatic carbocycles. The van der Waals surface area contributed by atoms with Gasteiger partial charge < -0.3 is 14.1 Å². The molecule has 2 aromatic rings. The lowest BCUT2D eigenvalue weighted by Gasteiger charge is -2.42. The fraction of sp³-hybridized carbons (Fsp3) is 0.421. The zero-order valence-corrected chi connectivity index (χ0v) is 14.7. The molecule has 25 heavy (non-hydrogen) atoms. The third-order valence-electron chi connectivity index (χ3n) is 5.29. The van der Waals surface area contributed by atoms with Crippen molar-refractivity contribution in [1.82, 2.24) is 4.57 Å². The molecule has 2 aromatic heterocycles. The molecule has 130 valence electrons. The highest BCUT2D eigenvalue weighted by atomic mass is 16.3. The molecule has 0 radical (unpaired) electrons. The maximum atomic E-state index is 12.5. The normalized spacial score (nSPS) is 25.3. The van der Waals surface area contributed by atoms with E-state index in [-0.39, 0.29) is 17.8 Å². The molecule has 0 fully saturated rings. The molecule has 1 aliphatic rings. The number of aromatic nitrogens is 1. The highest BCUT2D eigenvalue weighted by molar-refractivity contribution is 5.82. The SMILES string of the molecule is CC(=O)C1C(c2ccco2)c2c(c(C#N)c(=O)n(C)c2C)CC1(C)O. The summed E-state index contributed by atoms with van der Waals surface area (Å²) in [5.41, 5.74) is 0.131. The van der Waals surface area contributed by atoms with Crippen molar-refractivity contribution >= 4 is 5.78 Å². The number of fused-ring (bicyclic) bond motifs is 1. The molecule has 0 spiro atoms. The Labute approximate surface area is 145 Å². The fourth-order valence-corrected chi connectivity index (χ4v) is 4.14. The summed E-state index contributed by atoms with van der Waals surface area (Å²) in [6.45, 7) is 4.81. The van der Waals surface area contributed by atoms with Crippen LogP contribution in [-0.2, 0) is 18.3 Å². The van der Waals surface area contributed by atoms with Crippen LogP contribution in [0.25, 0.3) is 0 Å². The van der Waals surface area contributed by atoms with Crippen molar-refractivity contribution in [1.29, 1.82) is 5.26 Å². The van der Waals surface area contributed by atoms with Crippen LogP contribution < -0.4 is 5.56 Å².